The first kappa shape index (κ1) is 18.2. The van der Waals surface area contributed by atoms with Crippen LogP contribution in [0.1, 0.15) is 23.0 Å². The molecule has 1 heterocycles. The number of benzene rings is 1. The summed E-state index contributed by atoms with van der Waals surface area (Å²) in [5.74, 6) is -0.818. The lowest BCUT2D eigenvalue weighted by Gasteiger charge is -2.14. The second kappa shape index (κ2) is 8.62. The second-order valence-corrected chi connectivity index (χ2v) is 5.40. The Balaban J connectivity index is 1.96. The molecular weight excluding hydrogens is 324 g/mol. The van der Waals surface area contributed by atoms with Crippen molar-refractivity contribution in [2.24, 2.45) is 11.7 Å². The maximum atomic E-state index is 12.0. The highest BCUT2D eigenvalue weighted by atomic mass is 16.5. The van der Waals surface area contributed by atoms with Crippen LogP contribution in [0.15, 0.2) is 41.2 Å². The predicted octanol–water partition coefficient (Wildman–Crippen LogP) is 0.243. The number of nitrogens with two attached hydrogens (primary N) is 1. The van der Waals surface area contributed by atoms with E-state index in [1.807, 2.05) is 31.2 Å². The van der Waals surface area contributed by atoms with Crippen LogP contribution in [0.25, 0.3) is 0 Å². The Hall–Kier alpha value is -3.16. The molecular formula is C17H20N4O4. The topological polar surface area (TPSA) is 127 Å². The third-order valence-corrected chi connectivity index (χ3v) is 3.54. The molecule has 0 radical (unpaired) electrons. The average Bonchev–Trinajstić information content (AvgIpc) is 2.60. The molecule has 0 spiro atoms. The summed E-state index contributed by atoms with van der Waals surface area (Å²) in [5.41, 5.74) is 5.99. The van der Waals surface area contributed by atoms with E-state index in [1.165, 1.54) is 12.1 Å². The summed E-state index contributed by atoms with van der Waals surface area (Å²) in [6, 6.07) is 9.85. The van der Waals surface area contributed by atoms with E-state index in [2.05, 4.69) is 15.5 Å². The van der Waals surface area contributed by atoms with Gasteiger partial charge in [-0.15, -0.1) is 0 Å². The summed E-state index contributed by atoms with van der Waals surface area (Å²) in [7, 11) is 0. The number of carbonyl (C=O) groups is 2. The molecule has 1 atom stereocenters. The van der Waals surface area contributed by atoms with Crippen LogP contribution in [-0.4, -0.2) is 35.2 Å². The van der Waals surface area contributed by atoms with Crippen LogP contribution in [-0.2, 0) is 11.2 Å². The number of primary amides is 1. The molecule has 8 heteroatoms. The highest BCUT2D eigenvalue weighted by molar-refractivity contribution is 5.92. The van der Waals surface area contributed by atoms with Crippen LogP contribution in [0.4, 0.5) is 0 Å². The van der Waals surface area contributed by atoms with Gasteiger partial charge in [0.25, 0.3) is 11.5 Å². The van der Waals surface area contributed by atoms with Gasteiger partial charge in [0, 0.05) is 12.6 Å². The zero-order valence-electron chi connectivity index (χ0n) is 13.8. The Morgan fingerprint density at radius 1 is 1.24 bits per heavy atom. The van der Waals surface area contributed by atoms with Crippen molar-refractivity contribution in [2.75, 3.05) is 13.2 Å². The maximum absolute atomic E-state index is 12.0. The molecule has 0 unspecified atom stereocenters. The number of amides is 2. The van der Waals surface area contributed by atoms with E-state index < -0.39 is 23.3 Å². The largest absolute Gasteiger partial charge is 0.494 e. The first-order valence-corrected chi connectivity index (χ1v) is 7.84. The summed E-state index contributed by atoms with van der Waals surface area (Å²) in [5, 5.41) is 8.41. The van der Waals surface area contributed by atoms with Crippen molar-refractivity contribution in [3.8, 4) is 5.75 Å². The third kappa shape index (κ3) is 5.45. The van der Waals surface area contributed by atoms with Crippen molar-refractivity contribution in [1.82, 2.24) is 15.5 Å². The van der Waals surface area contributed by atoms with Crippen LogP contribution in [0.3, 0.4) is 0 Å². The van der Waals surface area contributed by atoms with Gasteiger partial charge >= 0.3 is 0 Å². The summed E-state index contributed by atoms with van der Waals surface area (Å²) in [6.45, 7) is 2.55. The van der Waals surface area contributed by atoms with Gasteiger partial charge in [-0.05, 0) is 37.1 Å². The number of aromatic amines is 1. The lowest BCUT2D eigenvalue weighted by molar-refractivity contribution is -0.121. The Kier molecular flexibility index (Phi) is 6.27. The van der Waals surface area contributed by atoms with Crippen LogP contribution in [0.5, 0.6) is 5.75 Å². The molecule has 132 valence electrons. The van der Waals surface area contributed by atoms with Crippen molar-refractivity contribution in [3.05, 3.63) is 58.0 Å². The number of nitrogens with zero attached hydrogens (tertiary/aromatic N) is 1. The SMILES string of the molecule is CCOc1ccc(C[C@H](CNC(=O)c2ccc(=O)[nH]n2)C(N)=O)cc1. The van der Waals surface area contributed by atoms with E-state index in [4.69, 9.17) is 10.5 Å². The summed E-state index contributed by atoms with van der Waals surface area (Å²) >= 11 is 0. The number of rotatable bonds is 8. The molecule has 1 aromatic heterocycles. The van der Waals surface area contributed by atoms with E-state index in [-0.39, 0.29) is 12.2 Å². The maximum Gasteiger partial charge on any atom is 0.271 e. The van der Waals surface area contributed by atoms with Crippen LogP contribution in [0, 0.1) is 5.92 Å². The smallest absolute Gasteiger partial charge is 0.271 e. The fraction of sp³-hybridized carbons (Fsp3) is 0.294. The second-order valence-electron chi connectivity index (χ2n) is 5.40. The highest BCUT2D eigenvalue weighted by Crippen LogP contribution is 2.15. The monoisotopic (exact) mass is 344 g/mol. The van der Waals surface area contributed by atoms with Gasteiger partial charge in [0.05, 0.1) is 12.5 Å². The molecule has 0 fully saturated rings. The van der Waals surface area contributed by atoms with Crippen molar-refractivity contribution >= 4 is 11.8 Å². The summed E-state index contributed by atoms with van der Waals surface area (Å²) in [4.78, 5) is 34.6. The number of hydrogen-bond donors (Lipinski definition) is 3. The molecule has 0 aliphatic heterocycles. The van der Waals surface area contributed by atoms with Gasteiger partial charge in [0.1, 0.15) is 11.4 Å². The van der Waals surface area contributed by atoms with E-state index in [0.717, 1.165) is 11.3 Å². The van der Waals surface area contributed by atoms with Gasteiger partial charge in [0.2, 0.25) is 5.91 Å². The van der Waals surface area contributed by atoms with Gasteiger partial charge < -0.3 is 15.8 Å². The normalized spacial score (nSPS) is 11.6. The first-order chi connectivity index (χ1) is 12.0. The molecule has 2 aromatic rings. The predicted molar refractivity (Wildman–Crippen MR) is 91.2 cm³/mol. The third-order valence-electron chi connectivity index (χ3n) is 3.54. The van der Waals surface area contributed by atoms with E-state index in [9.17, 15) is 14.4 Å². The molecule has 2 rings (SSSR count). The van der Waals surface area contributed by atoms with E-state index in [1.54, 1.807) is 0 Å². The van der Waals surface area contributed by atoms with Crippen LogP contribution in [0.2, 0.25) is 0 Å². The molecule has 0 aliphatic carbocycles. The average molecular weight is 344 g/mol. The fourth-order valence-corrected chi connectivity index (χ4v) is 2.22. The van der Waals surface area contributed by atoms with Gasteiger partial charge in [-0.2, -0.15) is 5.10 Å². The summed E-state index contributed by atoms with van der Waals surface area (Å²) < 4.78 is 5.37. The number of H-pyrrole nitrogens is 1. The zero-order chi connectivity index (χ0) is 18.2. The minimum absolute atomic E-state index is 0.0592. The number of aromatic nitrogens is 2. The lowest BCUT2D eigenvalue weighted by Crippen LogP contribution is -2.37. The number of hydrogen-bond acceptors (Lipinski definition) is 5. The van der Waals surface area contributed by atoms with Gasteiger partial charge in [-0.3, -0.25) is 14.4 Å². The summed E-state index contributed by atoms with van der Waals surface area (Å²) in [6.07, 6.45) is 0.390. The zero-order valence-corrected chi connectivity index (χ0v) is 13.8. The number of nitrogens with one attached hydrogen (secondary N) is 2. The molecule has 25 heavy (non-hydrogen) atoms. The Bertz CT molecular complexity index is 765. The first-order valence-electron chi connectivity index (χ1n) is 7.84. The van der Waals surface area contributed by atoms with Crippen LogP contribution < -0.4 is 21.3 Å². The molecule has 1 aromatic carbocycles. The quantitative estimate of drug-likeness (QED) is 0.632. The minimum Gasteiger partial charge on any atom is -0.494 e. The van der Waals surface area contributed by atoms with E-state index >= 15 is 0 Å². The molecule has 2 amide bonds. The van der Waals surface area contributed by atoms with Crippen molar-refractivity contribution in [2.45, 2.75) is 13.3 Å². The lowest BCUT2D eigenvalue weighted by atomic mass is 9.98. The van der Waals surface area contributed by atoms with Gasteiger partial charge in [0.15, 0.2) is 0 Å². The van der Waals surface area contributed by atoms with Crippen molar-refractivity contribution < 1.29 is 14.3 Å². The molecule has 4 N–H and O–H groups in total. The molecule has 8 nitrogen and oxygen atoms in total. The van der Waals surface area contributed by atoms with Crippen molar-refractivity contribution in [3.63, 3.8) is 0 Å². The Morgan fingerprint density at radius 2 is 1.96 bits per heavy atom. The van der Waals surface area contributed by atoms with E-state index in [0.29, 0.717) is 13.0 Å². The van der Waals surface area contributed by atoms with Crippen molar-refractivity contribution in [1.29, 1.82) is 0 Å². The molecule has 0 bridgehead atoms. The Labute approximate surface area is 144 Å². The molecule has 0 saturated heterocycles. The number of carbonyl (C=O) groups excluding carboxylic acids is 2. The standard InChI is InChI=1S/C17H20N4O4/c1-2-25-13-5-3-11(4-6-13)9-12(16(18)23)10-19-17(24)14-7-8-15(22)21-20-14/h3-8,12H,2,9-10H2,1H3,(H2,18,23)(H,19,24)(H,21,22)/t12-/m1/s1. The minimum atomic E-state index is -0.565. The van der Waals surface area contributed by atoms with Gasteiger partial charge in [-0.1, -0.05) is 12.1 Å². The molecule has 0 aliphatic rings. The van der Waals surface area contributed by atoms with Gasteiger partial charge in [-0.25, -0.2) is 5.10 Å². The van der Waals surface area contributed by atoms with Crippen LogP contribution >= 0.6 is 0 Å². The molecule has 0 saturated carbocycles. The fourth-order valence-electron chi connectivity index (χ4n) is 2.22. The highest BCUT2D eigenvalue weighted by Gasteiger charge is 2.18. The number of ether oxygens (including phenoxy) is 1. The Morgan fingerprint density at radius 3 is 2.52 bits per heavy atom.